The molecule has 0 radical (unpaired) electrons. The number of aryl methyl sites for hydroxylation is 4. The second kappa shape index (κ2) is 7.85. The van der Waals surface area contributed by atoms with Crippen molar-refractivity contribution >= 4 is 5.91 Å². The molecule has 2 aromatic rings. The van der Waals surface area contributed by atoms with Gasteiger partial charge in [0.15, 0.2) is 0 Å². The SMILES string of the molecule is Cc1ccc(CCC2CCN(C(=O)Cc3c(C)noc3C)CC2)cc1. The van der Waals surface area contributed by atoms with E-state index in [9.17, 15) is 4.79 Å². The summed E-state index contributed by atoms with van der Waals surface area (Å²) in [4.78, 5) is 14.6. The second-order valence-electron chi connectivity index (χ2n) is 7.33. The minimum absolute atomic E-state index is 0.200. The Labute approximate surface area is 150 Å². The van der Waals surface area contributed by atoms with E-state index in [1.807, 2.05) is 18.7 Å². The monoisotopic (exact) mass is 340 g/mol. The van der Waals surface area contributed by atoms with Crippen molar-refractivity contribution in [2.75, 3.05) is 13.1 Å². The topological polar surface area (TPSA) is 46.3 Å². The van der Waals surface area contributed by atoms with Gasteiger partial charge in [-0.25, -0.2) is 0 Å². The van der Waals surface area contributed by atoms with Gasteiger partial charge in [-0.2, -0.15) is 0 Å². The third-order valence-corrected chi connectivity index (χ3v) is 5.44. The summed E-state index contributed by atoms with van der Waals surface area (Å²) in [6.07, 6.45) is 4.99. The van der Waals surface area contributed by atoms with Crippen molar-refractivity contribution in [1.82, 2.24) is 10.1 Å². The molecule has 1 aliphatic heterocycles. The van der Waals surface area contributed by atoms with Crippen LogP contribution in [0.2, 0.25) is 0 Å². The van der Waals surface area contributed by atoms with Crippen molar-refractivity contribution in [3.05, 3.63) is 52.4 Å². The van der Waals surface area contributed by atoms with Crippen LogP contribution in [0.25, 0.3) is 0 Å². The van der Waals surface area contributed by atoms with Gasteiger partial charge in [0.1, 0.15) is 5.76 Å². The van der Waals surface area contributed by atoms with E-state index in [0.29, 0.717) is 6.42 Å². The molecule has 134 valence electrons. The summed E-state index contributed by atoms with van der Waals surface area (Å²) in [7, 11) is 0. The van der Waals surface area contributed by atoms with Gasteiger partial charge in [0.2, 0.25) is 5.91 Å². The van der Waals surface area contributed by atoms with Gasteiger partial charge in [0, 0.05) is 18.7 Å². The van der Waals surface area contributed by atoms with Crippen LogP contribution in [0.4, 0.5) is 0 Å². The molecule has 1 aromatic carbocycles. The predicted octanol–water partition coefficient (Wildman–Crippen LogP) is 4.01. The van der Waals surface area contributed by atoms with Crippen LogP contribution in [-0.4, -0.2) is 29.1 Å². The standard InChI is InChI=1S/C21H28N2O2/c1-15-4-6-18(7-5-15)8-9-19-10-12-23(13-11-19)21(24)14-20-16(2)22-25-17(20)3/h4-7,19H,8-14H2,1-3H3. The van der Waals surface area contributed by atoms with E-state index >= 15 is 0 Å². The van der Waals surface area contributed by atoms with Gasteiger partial charge < -0.3 is 9.42 Å². The van der Waals surface area contributed by atoms with Crippen LogP contribution >= 0.6 is 0 Å². The number of benzene rings is 1. The number of likely N-dealkylation sites (tertiary alicyclic amines) is 1. The zero-order valence-corrected chi connectivity index (χ0v) is 15.5. The van der Waals surface area contributed by atoms with Crippen LogP contribution in [0.3, 0.4) is 0 Å². The Balaban J connectivity index is 1.45. The Hall–Kier alpha value is -2.10. The Morgan fingerprint density at radius 2 is 1.84 bits per heavy atom. The number of carbonyl (C=O) groups excluding carboxylic acids is 1. The molecule has 0 aliphatic carbocycles. The summed E-state index contributed by atoms with van der Waals surface area (Å²) in [5.74, 6) is 1.69. The lowest BCUT2D eigenvalue weighted by Crippen LogP contribution is -2.39. The van der Waals surface area contributed by atoms with Gasteiger partial charge in [-0.1, -0.05) is 35.0 Å². The van der Waals surface area contributed by atoms with Crippen molar-refractivity contribution < 1.29 is 9.32 Å². The molecule has 0 bridgehead atoms. The molecule has 2 heterocycles. The van der Waals surface area contributed by atoms with Crippen LogP contribution in [0.15, 0.2) is 28.8 Å². The Bertz CT molecular complexity index is 690. The third-order valence-electron chi connectivity index (χ3n) is 5.44. The summed E-state index contributed by atoms with van der Waals surface area (Å²) in [6, 6.07) is 8.84. The molecule has 0 N–H and O–H groups in total. The van der Waals surface area contributed by atoms with E-state index < -0.39 is 0 Å². The van der Waals surface area contributed by atoms with E-state index in [1.165, 1.54) is 17.5 Å². The minimum atomic E-state index is 0.200. The zero-order chi connectivity index (χ0) is 17.8. The molecule has 3 rings (SSSR count). The highest BCUT2D eigenvalue weighted by molar-refractivity contribution is 5.79. The zero-order valence-electron chi connectivity index (χ0n) is 15.5. The van der Waals surface area contributed by atoms with E-state index in [0.717, 1.165) is 55.3 Å². The Morgan fingerprint density at radius 3 is 2.44 bits per heavy atom. The van der Waals surface area contributed by atoms with Crippen molar-refractivity contribution in [3.63, 3.8) is 0 Å². The highest BCUT2D eigenvalue weighted by Crippen LogP contribution is 2.24. The van der Waals surface area contributed by atoms with Crippen LogP contribution < -0.4 is 0 Å². The molecule has 4 heteroatoms. The maximum atomic E-state index is 12.5. The van der Waals surface area contributed by atoms with Crippen molar-refractivity contribution in [2.45, 2.75) is 52.9 Å². The fourth-order valence-corrected chi connectivity index (χ4v) is 3.61. The number of nitrogens with zero attached hydrogens (tertiary/aromatic N) is 2. The third kappa shape index (κ3) is 4.50. The van der Waals surface area contributed by atoms with Gasteiger partial charge in [-0.3, -0.25) is 4.79 Å². The Morgan fingerprint density at radius 1 is 1.16 bits per heavy atom. The number of aromatic nitrogens is 1. The number of carbonyl (C=O) groups is 1. The lowest BCUT2D eigenvalue weighted by Gasteiger charge is -2.32. The summed E-state index contributed by atoms with van der Waals surface area (Å²) >= 11 is 0. The first-order valence-electron chi connectivity index (χ1n) is 9.28. The van der Waals surface area contributed by atoms with Gasteiger partial charge in [0.25, 0.3) is 0 Å². The van der Waals surface area contributed by atoms with E-state index in [2.05, 4.69) is 36.3 Å². The number of hydrogen-bond donors (Lipinski definition) is 0. The molecule has 1 aliphatic rings. The first kappa shape index (κ1) is 17.7. The fourth-order valence-electron chi connectivity index (χ4n) is 3.61. The van der Waals surface area contributed by atoms with Crippen LogP contribution in [0.1, 0.15) is 47.4 Å². The summed E-state index contributed by atoms with van der Waals surface area (Å²) in [5.41, 5.74) is 4.52. The van der Waals surface area contributed by atoms with E-state index in [4.69, 9.17) is 4.52 Å². The molecule has 0 atom stereocenters. The summed E-state index contributed by atoms with van der Waals surface area (Å²) in [5, 5.41) is 3.94. The van der Waals surface area contributed by atoms with Crippen molar-refractivity contribution in [1.29, 1.82) is 0 Å². The van der Waals surface area contributed by atoms with Gasteiger partial charge >= 0.3 is 0 Å². The molecular weight excluding hydrogens is 312 g/mol. The summed E-state index contributed by atoms with van der Waals surface area (Å²) < 4.78 is 5.16. The predicted molar refractivity (Wildman–Crippen MR) is 98.5 cm³/mol. The minimum Gasteiger partial charge on any atom is -0.361 e. The quantitative estimate of drug-likeness (QED) is 0.826. The molecule has 25 heavy (non-hydrogen) atoms. The van der Waals surface area contributed by atoms with Gasteiger partial charge in [-0.15, -0.1) is 0 Å². The molecule has 0 saturated carbocycles. The molecule has 1 amide bonds. The van der Waals surface area contributed by atoms with Crippen molar-refractivity contribution in [3.8, 4) is 0 Å². The fraction of sp³-hybridized carbons (Fsp3) is 0.524. The van der Waals surface area contributed by atoms with Crippen LogP contribution in [0.5, 0.6) is 0 Å². The smallest absolute Gasteiger partial charge is 0.227 e. The molecule has 0 unspecified atom stereocenters. The second-order valence-corrected chi connectivity index (χ2v) is 7.33. The highest BCUT2D eigenvalue weighted by atomic mass is 16.5. The van der Waals surface area contributed by atoms with Gasteiger partial charge in [0.05, 0.1) is 12.1 Å². The molecular formula is C21H28N2O2. The molecule has 4 nitrogen and oxygen atoms in total. The lowest BCUT2D eigenvalue weighted by molar-refractivity contribution is -0.131. The maximum absolute atomic E-state index is 12.5. The first-order chi connectivity index (χ1) is 12.0. The average Bonchev–Trinajstić information content (AvgIpc) is 2.93. The largest absolute Gasteiger partial charge is 0.361 e. The number of hydrogen-bond acceptors (Lipinski definition) is 3. The molecule has 1 aromatic heterocycles. The van der Waals surface area contributed by atoms with Gasteiger partial charge in [-0.05, 0) is 57.9 Å². The normalized spacial score (nSPS) is 15.6. The molecule has 1 saturated heterocycles. The molecule has 0 spiro atoms. The number of piperidine rings is 1. The summed E-state index contributed by atoms with van der Waals surface area (Å²) in [6.45, 7) is 7.65. The van der Waals surface area contributed by atoms with E-state index in [1.54, 1.807) is 0 Å². The van der Waals surface area contributed by atoms with Crippen molar-refractivity contribution in [2.24, 2.45) is 5.92 Å². The van der Waals surface area contributed by atoms with E-state index in [-0.39, 0.29) is 5.91 Å². The number of amides is 1. The van der Waals surface area contributed by atoms with Crippen LogP contribution in [-0.2, 0) is 17.6 Å². The lowest BCUT2D eigenvalue weighted by atomic mass is 9.90. The maximum Gasteiger partial charge on any atom is 0.227 e. The first-order valence-corrected chi connectivity index (χ1v) is 9.28. The average molecular weight is 340 g/mol. The van der Waals surface area contributed by atoms with Crippen LogP contribution in [0, 0.1) is 26.7 Å². The number of rotatable bonds is 5. The molecule has 1 fully saturated rings. The Kier molecular flexibility index (Phi) is 5.57. The highest BCUT2D eigenvalue weighted by Gasteiger charge is 2.24.